The maximum absolute atomic E-state index is 12.9. The summed E-state index contributed by atoms with van der Waals surface area (Å²) in [6.45, 7) is 0.118. The van der Waals surface area contributed by atoms with Crippen molar-refractivity contribution in [1.29, 1.82) is 0 Å². The summed E-state index contributed by atoms with van der Waals surface area (Å²) in [7, 11) is -3.53. The Morgan fingerprint density at radius 2 is 1.91 bits per heavy atom. The van der Waals surface area contributed by atoms with E-state index in [-0.39, 0.29) is 23.3 Å². The van der Waals surface area contributed by atoms with E-state index in [1.54, 1.807) is 36.4 Å². The lowest BCUT2D eigenvalue weighted by Gasteiger charge is -2.17. The molecule has 1 heterocycles. The molecule has 1 amide bonds. The fourth-order valence-corrected chi connectivity index (χ4v) is 5.10. The van der Waals surface area contributed by atoms with Gasteiger partial charge < -0.3 is 5.32 Å². The quantitative estimate of drug-likeness (QED) is 0.883. The molecule has 3 rings (SSSR count). The minimum Gasteiger partial charge on any atom is -0.354 e. The number of carbonyl (C=O) groups excluding carboxylic acids is 1. The maximum atomic E-state index is 12.9. The molecule has 116 valence electrons. The van der Waals surface area contributed by atoms with Gasteiger partial charge in [0.05, 0.1) is 4.90 Å². The summed E-state index contributed by atoms with van der Waals surface area (Å²) >= 11 is 1.40. The van der Waals surface area contributed by atoms with Crippen LogP contribution in [0.4, 0.5) is 0 Å². The molecule has 4 nitrogen and oxygen atoms in total. The van der Waals surface area contributed by atoms with Gasteiger partial charge in [-0.2, -0.15) is 0 Å². The highest BCUT2D eigenvalue weighted by molar-refractivity contribution is 7.91. The molecule has 1 saturated carbocycles. The van der Waals surface area contributed by atoms with Gasteiger partial charge >= 0.3 is 0 Å². The van der Waals surface area contributed by atoms with Crippen LogP contribution in [0.2, 0.25) is 0 Å². The van der Waals surface area contributed by atoms with E-state index in [9.17, 15) is 13.2 Å². The van der Waals surface area contributed by atoms with Gasteiger partial charge in [0.2, 0.25) is 5.91 Å². The van der Waals surface area contributed by atoms with E-state index in [2.05, 4.69) is 5.32 Å². The van der Waals surface area contributed by atoms with Crippen molar-refractivity contribution in [3.63, 3.8) is 0 Å². The van der Waals surface area contributed by atoms with Crippen LogP contribution in [0.15, 0.2) is 52.7 Å². The third-order valence-electron chi connectivity index (χ3n) is 3.72. The zero-order valence-electron chi connectivity index (χ0n) is 11.9. The third kappa shape index (κ3) is 3.23. The van der Waals surface area contributed by atoms with Crippen LogP contribution in [-0.2, 0) is 14.6 Å². The molecule has 1 aromatic carbocycles. The molecule has 0 saturated heterocycles. The number of thiophene rings is 1. The SMILES string of the molecule is O=C(NC[C@H](c1cccs1)S(=O)(=O)c1ccccc1)C1CC1. The topological polar surface area (TPSA) is 63.2 Å². The Hall–Kier alpha value is -1.66. The Morgan fingerprint density at radius 3 is 2.50 bits per heavy atom. The van der Waals surface area contributed by atoms with E-state index in [0.717, 1.165) is 17.7 Å². The molecule has 0 spiro atoms. The maximum Gasteiger partial charge on any atom is 0.223 e. The second-order valence-electron chi connectivity index (χ2n) is 5.38. The highest BCUT2D eigenvalue weighted by Gasteiger charge is 2.33. The predicted octanol–water partition coefficient (Wildman–Crippen LogP) is 2.79. The number of hydrogen-bond donors (Lipinski definition) is 1. The average molecular weight is 335 g/mol. The number of sulfone groups is 1. The number of carbonyl (C=O) groups is 1. The summed E-state index contributed by atoms with van der Waals surface area (Å²) in [5.74, 6) is 0.0354. The van der Waals surface area contributed by atoms with E-state index in [0.29, 0.717) is 0 Å². The Labute approximate surface area is 134 Å². The summed E-state index contributed by atoms with van der Waals surface area (Å²) < 4.78 is 25.8. The highest BCUT2D eigenvalue weighted by atomic mass is 32.2. The van der Waals surface area contributed by atoms with E-state index in [1.807, 2.05) is 11.4 Å². The lowest BCUT2D eigenvalue weighted by molar-refractivity contribution is -0.122. The van der Waals surface area contributed by atoms with Crippen molar-refractivity contribution in [2.45, 2.75) is 23.0 Å². The van der Waals surface area contributed by atoms with Gasteiger partial charge in [-0.05, 0) is 36.4 Å². The minimum atomic E-state index is -3.53. The number of amides is 1. The van der Waals surface area contributed by atoms with E-state index in [1.165, 1.54) is 11.3 Å². The van der Waals surface area contributed by atoms with Crippen LogP contribution in [0.5, 0.6) is 0 Å². The number of nitrogens with one attached hydrogen (secondary N) is 1. The predicted molar refractivity (Wildman–Crippen MR) is 86.4 cm³/mol. The Kier molecular flexibility index (Phi) is 4.31. The Bertz CT molecular complexity index is 735. The largest absolute Gasteiger partial charge is 0.354 e. The first-order valence-electron chi connectivity index (χ1n) is 7.19. The zero-order chi connectivity index (χ0) is 15.6. The van der Waals surface area contributed by atoms with Crippen LogP contribution in [0.1, 0.15) is 23.0 Å². The highest BCUT2D eigenvalue weighted by Crippen LogP contribution is 2.32. The summed E-state index contributed by atoms with van der Waals surface area (Å²) in [4.78, 5) is 12.9. The zero-order valence-corrected chi connectivity index (χ0v) is 13.6. The van der Waals surface area contributed by atoms with Crippen molar-refractivity contribution in [1.82, 2.24) is 5.32 Å². The van der Waals surface area contributed by atoms with Gasteiger partial charge in [0.25, 0.3) is 0 Å². The standard InChI is InChI=1S/C16H17NO3S2/c18-16(12-8-9-12)17-11-15(14-7-4-10-21-14)22(19,20)13-5-2-1-3-6-13/h1-7,10,12,15H,8-9,11H2,(H,17,18)/t15-/m1/s1. The molecule has 0 aliphatic heterocycles. The van der Waals surface area contributed by atoms with Crippen molar-refractivity contribution in [2.24, 2.45) is 5.92 Å². The van der Waals surface area contributed by atoms with Gasteiger partial charge in [0.15, 0.2) is 9.84 Å². The molecule has 1 N–H and O–H groups in total. The first kappa shape index (κ1) is 15.2. The first-order chi connectivity index (χ1) is 10.6. The second kappa shape index (κ2) is 6.22. The Balaban J connectivity index is 1.86. The fraction of sp³-hybridized carbons (Fsp3) is 0.312. The summed E-state index contributed by atoms with van der Waals surface area (Å²) in [6, 6.07) is 12.0. The van der Waals surface area contributed by atoms with Crippen molar-refractivity contribution < 1.29 is 13.2 Å². The van der Waals surface area contributed by atoms with Crippen LogP contribution in [-0.4, -0.2) is 20.9 Å². The van der Waals surface area contributed by atoms with E-state index < -0.39 is 15.1 Å². The molecular formula is C16H17NO3S2. The molecule has 22 heavy (non-hydrogen) atoms. The molecule has 0 bridgehead atoms. The summed E-state index contributed by atoms with van der Waals surface area (Å²) in [6.07, 6.45) is 1.81. The van der Waals surface area contributed by atoms with Crippen LogP contribution in [0.25, 0.3) is 0 Å². The van der Waals surface area contributed by atoms with Crippen molar-refractivity contribution >= 4 is 27.1 Å². The first-order valence-corrected chi connectivity index (χ1v) is 9.61. The molecule has 1 aliphatic rings. The number of rotatable bonds is 6. The van der Waals surface area contributed by atoms with Gasteiger partial charge in [0, 0.05) is 17.3 Å². The van der Waals surface area contributed by atoms with Crippen molar-refractivity contribution in [2.75, 3.05) is 6.54 Å². The smallest absolute Gasteiger partial charge is 0.223 e. The monoisotopic (exact) mass is 335 g/mol. The van der Waals surface area contributed by atoms with Gasteiger partial charge in [-0.15, -0.1) is 11.3 Å². The average Bonchev–Trinajstić information content (AvgIpc) is 3.25. The number of hydrogen-bond acceptors (Lipinski definition) is 4. The normalized spacial score (nSPS) is 16.2. The molecule has 1 atom stereocenters. The summed E-state index contributed by atoms with van der Waals surface area (Å²) in [5, 5.41) is 3.91. The third-order valence-corrected chi connectivity index (χ3v) is 6.95. The van der Waals surface area contributed by atoms with Gasteiger partial charge in [-0.25, -0.2) is 8.42 Å². The fourth-order valence-electron chi connectivity index (χ4n) is 2.30. The molecule has 6 heteroatoms. The van der Waals surface area contributed by atoms with Crippen LogP contribution < -0.4 is 5.32 Å². The molecule has 1 fully saturated rings. The van der Waals surface area contributed by atoms with Crippen LogP contribution in [0.3, 0.4) is 0 Å². The van der Waals surface area contributed by atoms with E-state index >= 15 is 0 Å². The van der Waals surface area contributed by atoms with Gasteiger partial charge in [0.1, 0.15) is 5.25 Å². The van der Waals surface area contributed by atoms with Crippen molar-refractivity contribution in [3.8, 4) is 0 Å². The summed E-state index contributed by atoms with van der Waals surface area (Å²) in [5.41, 5.74) is 0. The van der Waals surface area contributed by atoms with Crippen LogP contribution in [0, 0.1) is 5.92 Å². The van der Waals surface area contributed by atoms with Gasteiger partial charge in [-0.1, -0.05) is 24.3 Å². The van der Waals surface area contributed by atoms with Gasteiger partial charge in [-0.3, -0.25) is 4.79 Å². The minimum absolute atomic E-state index is 0.0372. The lowest BCUT2D eigenvalue weighted by atomic mass is 10.3. The van der Waals surface area contributed by atoms with Crippen LogP contribution >= 0.6 is 11.3 Å². The van der Waals surface area contributed by atoms with E-state index in [4.69, 9.17) is 0 Å². The second-order valence-corrected chi connectivity index (χ2v) is 8.49. The number of benzene rings is 1. The molecule has 1 aromatic heterocycles. The Morgan fingerprint density at radius 1 is 1.18 bits per heavy atom. The lowest BCUT2D eigenvalue weighted by Crippen LogP contribution is -2.32. The molecular weight excluding hydrogens is 318 g/mol. The van der Waals surface area contributed by atoms with Crippen molar-refractivity contribution in [3.05, 3.63) is 52.7 Å². The molecule has 2 aromatic rings. The molecule has 0 radical (unpaired) electrons. The molecule has 0 unspecified atom stereocenters. The molecule has 1 aliphatic carbocycles.